The molecule has 6 heteroatoms. The van der Waals surface area contributed by atoms with E-state index in [2.05, 4.69) is 106 Å². The lowest BCUT2D eigenvalue weighted by Crippen LogP contribution is -1.98. The molecule has 0 atom stereocenters. The van der Waals surface area contributed by atoms with Gasteiger partial charge in [0.05, 0.1) is 21.4 Å². The third-order valence-corrected chi connectivity index (χ3v) is 8.78. The van der Waals surface area contributed by atoms with Gasteiger partial charge in [-0.05, 0) is 42.5 Å². The van der Waals surface area contributed by atoms with Crippen LogP contribution in [0.1, 0.15) is 0 Å². The van der Waals surface area contributed by atoms with Crippen LogP contribution < -0.4 is 0 Å². The first-order valence-electron chi connectivity index (χ1n) is 12.9. The molecule has 0 unspecified atom stereocenters. The monoisotopic (exact) mass is 517 g/mol. The quantitative estimate of drug-likeness (QED) is 0.231. The Morgan fingerprint density at radius 1 is 0.513 bits per heavy atom. The van der Waals surface area contributed by atoms with E-state index < -0.39 is 0 Å². The Kier molecular flexibility index (Phi) is 4.14. The molecule has 0 N–H and O–H groups in total. The van der Waals surface area contributed by atoms with Crippen molar-refractivity contribution in [1.82, 2.24) is 24.1 Å². The molecule has 0 spiro atoms. The van der Waals surface area contributed by atoms with Gasteiger partial charge in [0, 0.05) is 32.7 Å². The Bertz CT molecular complexity index is 2400. The van der Waals surface area contributed by atoms with Crippen LogP contribution in [0.15, 0.2) is 115 Å². The Morgan fingerprint density at radius 2 is 1.23 bits per heavy atom. The molecule has 5 nitrogen and oxygen atoms in total. The zero-order valence-corrected chi connectivity index (χ0v) is 21.4. The highest BCUT2D eigenvalue weighted by Gasteiger charge is 2.22. The summed E-state index contributed by atoms with van der Waals surface area (Å²) in [6.07, 6.45) is 1.84. The molecule has 0 fully saturated rings. The normalized spacial score (nSPS) is 12.1. The highest BCUT2D eigenvalue weighted by Crippen LogP contribution is 2.40. The second-order valence-electron chi connectivity index (χ2n) is 9.71. The first-order valence-corrected chi connectivity index (χ1v) is 13.7. The summed E-state index contributed by atoms with van der Waals surface area (Å²) < 4.78 is 6.96. The van der Waals surface area contributed by atoms with Gasteiger partial charge in [-0.25, -0.2) is 9.97 Å². The number of hydrogen-bond donors (Lipinski definition) is 0. The number of aromatic nitrogens is 5. The predicted octanol–water partition coefficient (Wildman–Crippen LogP) is 8.43. The number of hydrogen-bond acceptors (Lipinski definition) is 4. The molecule has 0 aliphatic heterocycles. The maximum absolute atomic E-state index is 5.37. The fraction of sp³-hybridized carbons (Fsp3) is 0. The molecule has 0 amide bonds. The van der Waals surface area contributed by atoms with Crippen LogP contribution in [0, 0.1) is 0 Å². The van der Waals surface area contributed by atoms with Gasteiger partial charge < -0.3 is 0 Å². The number of nitrogens with zero attached hydrogens (tertiary/aromatic N) is 5. The standard InChI is InChI=1S/C33H19N5S/c1-2-10-20(11-3-1)37-24-15-6-4-13-23(24)28-32(37)36-30-29-25(17-9-19-34-29)38(33(30)35-28)26-16-8-14-22-21-12-5-7-18-27(21)39-31(22)26/h1-19H. The topological polar surface area (TPSA) is 48.5 Å². The summed E-state index contributed by atoms with van der Waals surface area (Å²) in [6, 6.07) is 38.0. The third kappa shape index (κ3) is 2.81. The van der Waals surface area contributed by atoms with E-state index >= 15 is 0 Å². The van der Waals surface area contributed by atoms with Gasteiger partial charge in [-0.15, -0.1) is 11.3 Å². The fourth-order valence-corrected chi connectivity index (χ4v) is 7.12. The van der Waals surface area contributed by atoms with E-state index in [4.69, 9.17) is 15.0 Å². The molecule has 5 heterocycles. The van der Waals surface area contributed by atoms with E-state index in [0.717, 1.165) is 55.6 Å². The predicted molar refractivity (Wildman–Crippen MR) is 161 cm³/mol. The zero-order chi connectivity index (χ0) is 25.5. The van der Waals surface area contributed by atoms with Crippen LogP contribution in [0.4, 0.5) is 0 Å². The van der Waals surface area contributed by atoms with Gasteiger partial charge in [0.25, 0.3) is 0 Å². The van der Waals surface area contributed by atoms with E-state index in [9.17, 15) is 0 Å². The van der Waals surface area contributed by atoms with Gasteiger partial charge in [0.1, 0.15) is 16.6 Å². The second-order valence-corrected chi connectivity index (χ2v) is 10.8. The summed E-state index contributed by atoms with van der Waals surface area (Å²) in [5, 5.41) is 3.61. The highest BCUT2D eigenvalue weighted by atomic mass is 32.1. The summed E-state index contributed by atoms with van der Waals surface area (Å²) in [6.45, 7) is 0. The van der Waals surface area contributed by atoms with Crippen LogP contribution in [0.2, 0.25) is 0 Å². The lowest BCUT2D eigenvalue weighted by Gasteiger charge is -2.08. The fourth-order valence-electron chi connectivity index (χ4n) is 5.92. The van der Waals surface area contributed by atoms with Crippen molar-refractivity contribution in [2.75, 3.05) is 0 Å². The lowest BCUT2D eigenvalue weighted by molar-refractivity contribution is 1.13. The van der Waals surface area contributed by atoms with Crippen molar-refractivity contribution in [3.8, 4) is 11.4 Å². The minimum Gasteiger partial charge on any atom is -0.293 e. The second kappa shape index (κ2) is 7.72. The van der Waals surface area contributed by atoms with Crippen molar-refractivity contribution in [2.45, 2.75) is 0 Å². The van der Waals surface area contributed by atoms with Gasteiger partial charge in [-0.3, -0.25) is 14.1 Å². The summed E-state index contributed by atoms with van der Waals surface area (Å²) in [5.41, 5.74) is 8.43. The first-order chi connectivity index (χ1) is 19.4. The molecule has 4 aromatic carbocycles. The van der Waals surface area contributed by atoms with Crippen LogP contribution in [-0.2, 0) is 0 Å². The van der Waals surface area contributed by atoms with Crippen LogP contribution in [-0.4, -0.2) is 24.1 Å². The summed E-state index contributed by atoms with van der Waals surface area (Å²) in [7, 11) is 0. The molecule has 0 saturated carbocycles. The van der Waals surface area contributed by atoms with Gasteiger partial charge in [0.2, 0.25) is 0 Å². The Balaban J connectivity index is 1.47. The number of fused-ring (bicyclic) bond motifs is 9. The van der Waals surface area contributed by atoms with Crippen molar-refractivity contribution in [3.63, 3.8) is 0 Å². The maximum Gasteiger partial charge on any atom is 0.166 e. The molecule has 9 rings (SSSR count). The Hall–Kier alpha value is -5.07. The van der Waals surface area contributed by atoms with Gasteiger partial charge in [-0.1, -0.05) is 66.7 Å². The highest BCUT2D eigenvalue weighted by molar-refractivity contribution is 7.26. The Labute approximate surface area is 226 Å². The molecule has 5 aromatic heterocycles. The zero-order valence-electron chi connectivity index (χ0n) is 20.6. The smallest absolute Gasteiger partial charge is 0.166 e. The largest absolute Gasteiger partial charge is 0.293 e. The molecule has 9 aromatic rings. The van der Waals surface area contributed by atoms with Crippen LogP contribution in [0.25, 0.3) is 75.8 Å². The van der Waals surface area contributed by atoms with Crippen molar-refractivity contribution in [1.29, 1.82) is 0 Å². The molecule has 0 aliphatic rings. The average Bonchev–Trinajstić information content (AvgIpc) is 3.64. The van der Waals surface area contributed by atoms with Crippen LogP contribution >= 0.6 is 11.3 Å². The molecule has 0 saturated heterocycles. The van der Waals surface area contributed by atoms with E-state index in [-0.39, 0.29) is 0 Å². The molecular weight excluding hydrogens is 498 g/mol. The molecular formula is C33H19N5S. The van der Waals surface area contributed by atoms with Crippen molar-refractivity contribution in [2.24, 2.45) is 0 Å². The molecule has 0 aliphatic carbocycles. The number of thiophene rings is 1. The number of para-hydroxylation sites is 2. The van der Waals surface area contributed by atoms with Crippen LogP contribution in [0.5, 0.6) is 0 Å². The van der Waals surface area contributed by atoms with Crippen LogP contribution in [0.3, 0.4) is 0 Å². The van der Waals surface area contributed by atoms with E-state index in [0.29, 0.717) is 0 Å². The van der Waals surface area contributed by atoms with E-state index in [1.165, 1.54) is 20.2 Å². The first kappa shape index (κ1) is 20.9. The van der Waals surface area contributed by atoms with Crippen molar-refractivity contribution in [3.05, 3.63) is 115 Å². The maximum atomic E-state index is 5.37. The van der Waals surface area contributed by atoms with E-state index in [1.54, 1.807) is 0 Å². The number of pyridine rings is 1. The summed E-state index contributed by atoms with van der Waals surface area (Å²) in [5.74, 6) is 0. The molecule has 39 heavy (non-hydrogen) atoms. The molecule has 0 bridgehead atoms. The SMILES string of the molecule is c1ccc(-n2c3ccccc3c3nc4c(nc32)c2ncccc2n4-c2cccc3c2sc2ccccc23)cc1. The summed E-state index contributed by atoms with van der Waals surface area (Å²) >= 11 is 1.82. The third-order valence-electron chi connectivity index (χ3n) is 7.57. The van der Waals surface area contributed by atoms with Crippen molar-refractivity contribution < 1.29 is 0 Å². The van der Waals surface area contributed by atoms with E-state index in [1.807, 2.05) is 29.7 Å². The minimum atomic E-state index is 0.802. The number of rotatable bonds is 2. The van der Waals surface area contributed by atoms with Crippen molar-refractivity contribution >= 4 is 75.8 Å². The molecule has 182 valence electrons. The van der Waals surface area contributed by atoms with Gasteiger partial charge >= 0.3 is 0 Å². The Morgan fingerprint density at radius 3 is 2.15 bits per heavy atom. The molecule has 0 radical (unpaired) electrons. The number of benzene rings is 4. The lowest BCUT2D eigenvalue weighted by atomic mass is 10.1. The summed E-state index contributed by atoms with van der Waals surface area (Å²) in [4.78, 5) is 15.5. The minimum absolute atomic E-state index is 0.802. The van der Waals surface area contributed by atoms with Gasteiger partial charge in [-0.2, -0.15) is 0 Å². The van der Waals surface area contributed by atoms with Gasteiger partial charge in [0.15, 0.2) is 11.3 Å². The average molecular weight is 518 g/mol.